The Hall–Kier alpha value is -1.02. The van der Waals surface area contributed by atoms with Gasteiger partial charge in [0.15, 0.2) is 0 Å². The molecule has 21 heavy (non-hydrogen) atoms. The van der Waals surface area contributed by atoms with Crippen LogP contribution in [0.4, 0.5) is 0 Å². The first kappa shape index (κ1) is 13.6. The lowest BCUT2D eigenvalue weighted by molar-refractivity contribution is 0.0795. The monoisotopic (exact) mass is 285 g/mol. The summed E-state index contributed by atoms with van der Waals surface area (Å²) in [5.41, 5.74) is 4.54. The molecular weight excluding hydrogens is 258 g/mol. The van der Waals surface area contributed by atoms with Gasteiger partial charge in [0.1, 0.15) is 5.75 Å². The summed E-state index contributed by atoms with van der Waals surface area (Å²) >= 11 is 0. The van der Waals surface area contributed by atoms with Crippen molar-refractivity contribution in [1.82, 2.24) is 5.32 Å². The van der Waals surface area contributed by atoms with Crippen LogP contribution < -0.4 is 5.32 Å². The molecule has 114 valence electrons. The highest BCUT2D eigenvalue weighted by molar-refractivity contribution is 5.49. The van der Waals surface area contributed by atoms with Crippen LogP contribution >= 0.6 is 0 Å². The van der Waals surface area contributed by atoms with E-state index >= 15 is 0 Å². The lowest BCUT2D eigenvalue weighted by atomic mass is 9.52. The Balaban J connectivity index is 1.84. The molecule has 3 atom stereocenters. The molecule has 2 aliphatic carbocycles. The smallest absolute Gasteiger partial charge is 0.119 e. The van der Waals surface area contributed by atoms with Crippen LogP contribution in [0, 0.1) is 5.92 Å². The molecule has 1 heterocycles. The fourth-order valence-corrected chi connectivity index (χ4v) is 5.49. The van der Waals surface area contributed by atoms with Gasteiger partial charge in [0.2, 0.25) is 0 Å². The summed E-state index contributed by atoms with van der Waals surface area (Å²) in [5, 5.41) is 14.3. The lowest BCUT2D eigenvalue weighted by Crippen LogP contribution is -2.59. The Morgan fingerprint density at radius 1 is 1.29 bits per heavy atom. The zero-order chi connectivity index (χ0) is 14.4. The highest BCUT2D eigenvalue weighted by atomic mass is 16.3. The third-order valence-electron chi connectivity index (χ3n) is 6.36. The zero-order valence-corrected chi connectivity index (χ0v) is 13.1. The minimum absolute atomic E-state index is 0.365. The van der Waals surface area contributed by atoms with Crippen molar-refractivity contribution < 1.29 is 5.11 Å². The first-order valence-corrected chi connectivity index (χ1v) is 8.83. The fraction of sp³-hybridized carbons (Fsp3) is 0.684. The van der Waals surface area contributed by atoms with Crippen LogP contribution in [-0.2, 0) is 18.3 Å². The first-order chi connectivity index (χ1) is 10.2. The fourth-order valence-electron chi connectivity index (χ4n) is 5.49. The number of nitrogens with one attached hydrogen (secondary N) is 1. The second kappa shape index (κ2) is 5.01. The standard InChI is InChI=1S/C19H27NO/c1-2-5-13-10-14-11-17-15-6-3-4-7-19(15,8-9-20-17)16(14)12-18(13)21/h10,12,15,17,20-21H,2-9,11H2,1H3/t15-,17+,19+/m0/s1. The summed E-state index contributed by atoms with van der Waals surface area (Å²) < 4.78 is 0. The molecule has 2 heteroatoms. The van der Waals surface area contributed by atoms with E-state index in [0.717, 1.165) is 30.9 Å². The Bertz CT molecular complexity index is 549. The predicted octanol–water partition coefficient (Wildman–Crippen LogP) is 3.69. The van der Waals surface area contributed by atoms with Crippen LogP contribution in [0.2, 0.25) is 0 Å². The number of phenolic OH excluding ortho intramolecular Hbond substituents is 1. The van der Waals surface area contributed by atoms with E-state index in [4.69, 9.17) is 0 Å². The number of aryl methyl sites for hydroxylation is 1. The number of fused-ring (bicyclic) bond motifs is 1. The van der Waals surface area contributed by atoms with E-state index in [9.17, 15) is 5.11 Å². The molecule has 1 saturated carbocycles. The molecule has 1 aromatic rings. The summed E-state index contributed by atoms with van der Waals surface area (Å²) in [6.45, 7) is 3.34. The number of hydrogen-bond acceptors (Lipinski definition) is 2. The van der Waals surface area contributed by atoms with Gasteiger partial charge in [-0.1, -0.05) is 32.3 Å². The van der Waals surface area contributed by atoms with E-state index in [-0.39, 0.29) is 0 Å². The second-order valence-electron chi connectivity index (χ2n) is 7.41. The summed E-state index contributed by atoms with van der Waals surface area (Å²) in [6, 6.07) is 5.14. The second-order valence-corrected chi connectivity index (χ2v) is 7.41. The van der Waals surface area contributed by atoms with Gasteiger partial charge in [-0.15, -0.1) is 0 Å². The van der Waals surface area contributed by atoms with E-state index in [0.29, 0.717) is 17.2 Å². The number of rotatable bonds is 2. The van der Waals surface area contributed by atoms with Gasteiger partial charge in [-0.2, -0.15) is 0 Å². The van der Waals surface area contributed by atoms with Crippen molar-refractivity contribution in [2.24, 2.45) is 5.92 Å². The van der Waals surface area contributed by atoms with Crippen molar-refractivity contribution in [1.29, 1.82) is 0 Å². The zero-order valence-electron chi connectivity index (χ0n) is 13.1. The molecular formula is C19H27NO. The molecule has 0 radical (unpaired) electrons. The number of phenols is 1. The van der Waals surface area contributed by atoms with Gasteiger partial charge >= 0.3 is 0 Å². The van der Waals surface area contributed by atoms with Crippen LogP contribution in [0.3, 0.4) is 0 Å². The van der Waals surface area contributed by atoms with E-state index < -0.39 is 0 Å². The summed E-state index contributed by atoms with van der Waals surface area (Å²) in [6.07, 6.45) is 9.96. The van der Waals surface area contributed by atoms with E-state index in [1.807, 2.05) is 0 Å². The van der Waals surface area contributed by atoms with Gasteiger partial charge in [0.05, 0.1) is 0 Å². The highest BCUT2D eigenvalue weighted by Gasteiger charge is 2.51. The maximum absolute atomic E-state index is 10.5. The van der Waals surface area contributed by atoms with Crippen molar-refractivity contribution >= 4 is 0 Å². The Kier molecular flexibility index (Phi) is 3.25. The average molecular weight is 285 g/mol. The molecule has 1 aromatic carbocycles. The largest absolute Gasteiger partial charge is 0.508 e. The molecule has 2 fully saturated rings. The predicted molar refractivity (Wildman–Crippen MR) is 85.8 cm³/mol. The number of benzene rings is 1. The minimum Gasteiger partial charge on any atom is -0.508 e. The first-order valence-electron chi connectivity index (χ1n) is 8.83. The summed E-state index contributed by atoms with van der Waals surface area (Å²) in [5.74, 6) is 1.34. The molecule has 3 aliphatic rings. The Labute approximate surface area is 128 Å². The molecule has 2 bridgehead atoms. The SMILES string of the molecule is CCCc1cc2c(cc1O)[C@@]13CCCC[C@H]1[C@@H](C2)NCC3. The molecule has 0 spiro atoms. The highest BCUT2D eigenvalue weighted by Crippen LogP contribution is 2.54. The quantitative estimate of drug-likeness (QED) is 0.868. The Morgan fingerprint density at radius 2 is 2.19 bits per heavy atom. The van der Waals surface area contributed by atoms with Crippen LogP contribution in [0.1, 0.15) is 62.1 Å². The van der Waals surface area contributed by atoms with Gasteiger partial charge in [-0.05, 0) is 67.3 Å². The van der Waals surface area contributed by atoms with Crippen molar-refractivity contribution in [2.45, 2.75) is 69.7 Å². The molecule has 0 aromatic heterocycles. The average Bonchev–Trinajstić information content (AvgIpc) is 2.49. The van der Waals surface area contributed by atoms with Gasteiger partial charge in [0.25, 0.3) is 0 Å². The Morgan fingerprint density at radius 3 is 3.05 bits per heavy atom. The molecule has 0 amide bonds. The van der Waals surface area contributed by atoms with Gasteiger partial charge in [0, 0.05) is 11.5 Å². The van der Waals surface area contributed by atoms with Crippen molar-refractivity contribution in [3.63, 3.8) is 0 Å². The van der Waals surface area contributed by atoms with Crippen LogP contribution in [0.5, 0.6) is 5.75 Å². The third kappa shape index (κ3) is 1.95. The third-order valence-corrected chi connectivity index (χ3v) is 6.36. The molecule has 2 N–H and O–H groups in total. The van der Waals surface area contributed by atoms with Crippen LogP contribution in [0.25, 0.3) is 0 Å². The van der Waals surface area contributed by atoms with E-state index in [1.54, 1.807) is 0 Å². The van der Waals surface area contributed by atoms with Crippen LogP contribution in [-0.4, -0.2) is 17.7 Å². The maximum Gasteiger partial charge on any atom is 0.119 e. The van der Waals surface area contributed by atoms with E-state index in [1.165, 1.54) is 49.7 Å². The lowest BCUT2D eigenvalue weighted by Gasteiger charge is -2.56. The summed E-state index contributed by atoms with van der Waals surface area (Å²) in [7, 11) is 0. The number of aromatic hydroxyl groups is 1. The van der Waals surface area contributed by atoms with Crippen molar-refractivity contribution in [3.8, 4) is 5.75 Å². The van der Waals surface area contributed by atoms with Gasteiger partial charge in [-0.25, -0.2) is 0 Å². The number of piperidine rings is 1. The molecule has 4 rings (SSSR count). The topological polar surface area (TPSA) is 32.3 Å². The van der Waals surface area contributed by atoms with E-state index in [2.05, 4.69) is 24.4 Å². The van der Waals surface area contributed by atoms with Gasteiger partial charge in [-0.3, -0.25) is 0 Å². The normalized spacial score (nSPS) is 34.1. The maximum atomic E-state index is 10.5. The molecule has 1 saturated heterocycles. The minimum atomic E-state index is 0.365. The van der Waals surface area contributed by atoms with Crippen LogP contribution in [0.15, 0.2) is 12.1 Å². The molecule has 0 unspecified atom stereocenters. The number of hydrogen-bond donors (Lipinski definition) is 2. The molecule has 1 aliphatic heterocycles. The summed E-state index contributed by atoms with van der Waals surface area (Å²) in [4.78, 5) is 0. The molecule has 2 nitrogen and oxygen atoms in total. The van der Waals surface area contributed by atoms with Crippen molar-refractivity contribution in [2.75, 3.05) is 6.54 Å². The van der Waals surface area contributed by atoms with Crippen molar-refractivity contribution in [3.05, 3.63) is 28.8 Å². The van der Waals surface area contributed by atoms with Gasteiger partial charge < -0.3 is 10.4 Å².